The van der Waals surface area contributed by atoms with E-state index in [1.807, 2.05) is 6.07 Å². The van der Waals surface area contributed by atoms with Gasteiger partial charge in [-0.1, -0.05) is 0 Å². The van der Waals surface area contributed by atoms with Crippen LogP contribution < -0.4 is 10.2 Å². The molecule has 0 spiro atoms. The number of hydrogen-bond donors (Lipinski definition) is 1. The fourth-order valence-corrected chi connectivity index (χ4v) is 3.24. The van der Waals surface area contributed by atoms with E-state index in [1.54, 1.807) is 12.4 Å². The second-order valence-electron chi connectivity index (χ2n) is 5.70. The van der Waals surface area contributed by atoms with E-state index in [4.69, 9.17) is 4.74 Å². The van der Waals surface area contributed by atoms with Crippen molar-refractivity contribution in [3.05, 3.63) is 42.2 Å². The van der Waals surface area contributed by atoms with Crippen molar-refractivity contribution in [1.82, 2.24) is 9.97 Å². The number of aromatic nitrogens is 2. The molecule has 2 aliphatic heterocycles. The lowest BCUT2D eigenvalue weighted by molar-refractivity contribution is 0.0991. The summed E-state index contributed by atoms with van der Waals surface area (Å²) in [6.45, 7) is 4.03. The maximum Gasteiger partial charge on any atom is 0.227 e. The molecule has 2 aliphatic rings. The van der Waals surface area contributed by atoms with E-state index >= 15 is 0 Å². The van der Waals surface area contributed by atoms with Crippen molar-refractivity contribution >= 4 is 17.3 Å². The first-order valence-corrected chi connectivity index (χ1v) is 7.32. The van der Waals surface area contributed by atoms with Gasteiger partial charge in [-0.15, -0.1) is 0 Å². The van der Waals surface area contributed by atoms with Crippen LogP contribution in [-0.4, -0.2) is 35.3 Å². The average molecular weight is 282 g/mol. The summed E-state index contributed by atoms with van der Waals surface area (Å²) in [6, 6.07) is 8.78. The fourth-order valence-electron chi connectivity index (χ4n) is 3.24. The third-order valence-electron chi connectivity index (χ3n) is 4.23. The minimum atomic E-state index is 0.421. The smallest absolute Gasteiger partial charge is 0.227 e. The first-order chi connectivity index (χ1) is 10.3. The number of aryl methyl sites for hydroxylation is 1. The molecule has 1 aromatic heterocycles. The van der Waals surface area contributed by atoms with E-state index in [9.17, 15) is 0 Å². The molecule has 0 saturated carbocycles. The van der Waals surface area contributed by atoms with E-state index < -0.39 is 0 Å². The molecule has 2 atom stereocenters. The van der Waals surface area contributed by atoms with Crippen molar-refractivity contribution in [2.75, 3.05) is 23.4 Å². The molecule has 21 heavy (non-hydrogen) atoms. The molecule has 108 valence electrons. The summed E-state index contributed by atoms with van der Waals surface area (Å²) in [5, 5.41) is 3.23. The van der Waals surface area contributed by atoms with Gasteiger partial charge >= 0.3 is 0 Å². The van der Waals surface area contributed by atoms with Crippen molar-refractivity contribution < 1.29 is 4.74 Å². The Hall–Kier alpha value is -2.14. The zero-order valence-electron chi connectivity index (χ0n) is 12.0. The van der Waals surface area contributed by atoms with Gasteiger partial charge in [0.25, 0.3) is 0 Å². The molecule has 2 fully saturated rings. The van der Waals surface area contributed by atoms with E-state index in [2.05, 4.69) is 45.3 Å². The standard InChI is InChI=1S/C16H18N4O/c1-11-7-12(19-16-17-5-2-6-18-16)3-4-15(11)20-9-14-8-13(20)10-21-14/h2-7,13-14H,8-10H2,1H3,(H,17,18,19)/t13-,14-/m0/s1. The normalized spacial score (nSPS) is 23.6. The summed E-state index contributed by atoms with van der Waals surface area (Å²) in [5.41, 5.74) is 3.59. The lowest BCUT2D eigenvalue weighted by Crippen LogP contribution is -2.37. The maximum absolute atomic E-state index is 5.68. The molecule has 0 amide bonds. The molecule has 2 aromatic rings. The van der Waals surface area contributed by atoms with Gasteiger partial charge in [0.2, 0.25) is 5.95 Å². The zero-order valence-corrected chi connectivity index (χ0v) is 12.0. The highest BCUT2D eigenvalue weighted by molar-refractivity contribution is 5.64. The largest absolute Gasteiger partial charge is 0.374 e. The number of benzene rings is 1. The Balaban J connectivity index is 1.55. The minimum absolute atomic E-state index is 0.421. The van der Waals surface area contributed by atoms with Crippen molar-refractivity contribution in [3.63, 3.8) is 0 Å². The van der Waals surface area contributed by atoms with Gasteiger partial charge in [-0.3, -0.25) is 0 Å². The van der Waals surface area contributed by atoms with E-state index in [1.165, 1.54) is 11.3 Å². The van der Waals surface area contributed by atoms with E-state index in [-0.39, 0.29) is 0 Å². The van der Waals surface area contributed by atoms with Gasteiger partial charge in [-0.25, -0.2) is 9.97 Å². The molecule has 3 heterocycles. The van der Waals surface area contributed by atoms with Gasteiger partial charge in [0.1, 0.15) is 0 Å². The van der Waals surface area contributed by atoms with E-state index in [0.717, 1.165) is 25.3 Å². The van der Waals surface area contributed by atoms with Crippen LogP contribution in [0, 0.1) is 6.92 Å². The summed E-state index contributed by atoms with van der Waals surface area (Å²) in [4.78, 5) is 10.8. The quantitative estimate of drug-likeness (QED) is 0.937. The third kappa shape index (κ3) is 2.34. The van der Waals surface area contributed by atoms with Crippen LogP contribution >= 0.6 is 0 Å². The number of fused-ring (bicyclic) bond motifs is 2. The Morgan fingerprint density at radius 2 is 2.14 bits per heavy atom. The highest BCUT2D eigenvalue weighted by atomic mass is 16.5. The number of rotatable bonds is 3. The molecule has 5 nitrogen and oxygen atoms in total. The molecular formula is C16H18N4O. The van der Waals surface area contributed by atoms with Crippen LogP contribution in [0.1, 0.15) is 12.0 Å². The molecule has 1 N–H and O–H groups in total. The Morgan fingerprint density at radius 3 is 2.81 bits per heavy atom. The zero-order chi connectivity index (χ0) is 14.2. The summed E-state index contributed by atoms with van der Waals surface area (Å²) in [5.74, 6) is 0.623. The molecule has 2 saturated heterocycles. The van der Waals surface area contributed by atoms with Crippen LogP contribution in [0.4, 0.5) is 17.3 Å². The molecule has 0 radical (unpaired) electrons. The van der Waals surface area contributed by atoms with Crippen molar-refractivity contribution in [2.24, 2.45) is 0 Å². The topological polar surface area (TPSA) is 50.3 Å². The summed E-state index contributed by atoms with van der Waals surface area (Å²) in [6.07, 6.45) is 5.05. The average Bonchev–Trinajstić information content (AvgIpc) is 3.11. The van der Waals surface area contributed by atoms with Gasteiger partial charge in [0, 0.05) is 30.3 Å². The van der Waals surface area contributed by atoms with Crippen LogP contribution in [0.5, 0.6) is 0 Å². The highest BCUT2D eigenvalue weighted by Gasteiger charge is 2.39. The molecule has 0 aliphatic carbocycles. The number of anilines is 3. The lowest BCUT2D eigenvalue weighted by Gasteiger charge is -2.30. The molecule has 2 bridgehead atoms. The monoisotopic (exact) mass is 282 g/mol. The van der Waals surface area contributed by atoms with Crippen LogP contribution in [-0.2, 0) is 4.74 Å². The Kier molecular flexibility index (Phi) is 3.00. The fraction of sp³-hybridized carbons (Fsp3) is 0.375. The molecule has 4 rings (SSSR count). The van der Waals surface area contributed by atoms with Crippen LogP contribution in [0.2, 0.25) is 0 Å². The second-order valence-corrected chi connectivity index (χ2v) is 5.70. The molecule has 0 unspecified atom stereocenters. The lowest BCUT2D eigenvalue weighted by atomic mass is 10.1. The van der Waals surface area contributed by atoms with Gasteiger partial charge in [0.15, 0.2) is 0 Å². The number of morpholine rings is 1. The third-order valence-corrected chi connectivity index (χ3v) is 4.23. The highest BCUT2D eigenvalue weighted by Crippen LogP contribution is 2.35. The van der Waals surface area contributed by atoms with Crippen molar-refractivity contribution in [1.29, 1.82) is 0 Å². The number of ether oxygens (including phenoxy) is 1. The van der Waals surface area contributed by atoms with E-state index in [0.29, 0.717) is 18.1 Å². The predicted molar refractivity (Wildman–Crippen MR) is 82.0 cm³/mol. The Bertz CT molecular complexity index is 646. The molecule has 5 heteroatoms. The SMILES string of the molecule is Cc1cc(Nc2ncccn2)ccc1N1C[C@@H]2C[C@H]1CO2. The maximum atomic E-state index is 5.68. The Labute approximate surface area is 124 Å². The summed E-state index contributed by atoms with van der Waals surface area (Å²) >= 11 is 0. The molecule has 1 aromatic carbocycles. The van der Waals surface area contributed by atoms with Crippen LogP contribution in [0.3, 0.4) is 0 Å². The Morgan fingerprint density at radius 1 is 1.29 bits per heavy atom. The minimum Gasteiger partial charge on any atom is -0.374 e. The van der Waals surface area contributed by atoms with Crippen LogP contribution in [0.15, 0.2) is 36.7 Å². The van der Waals surface area contributed by atoms with Gasteiger partial charge in [-0.2, -0.15) is 0 Å². The van der Waals surface area contributed by atoms with Crippen molar-refractivity contribution in [3.8, 4) is 0 Å². The summed E-state index contributed by atoms with van der Waals surface area (Å²) in [7, 11) is 0. The van der Waals surface area contributed by atoms with Gasteiger partial charge < -0.3 is 15.0 Å². The predicted octanol–water partition coefficient (Wildman–Crippen LogP) is 2.51. The number of nitrogens with one attached hydrogen (secondary N) is 1. The number of hydrogen-bond acceptors (Lipinski definition) is 5. The second kappa shape index (κ2) is 5.00. The summed E-state index contributed by atoms with van der Waals surface area (Å²) < 4.78 is 5.68. The van der Waals surface area contributed by atoms with Gasteiger partial charge in [-0.05, 0) is 43.2 Å². The first kappa shape index (κ1) is 12.6. The van der Waals surface area contributed by atoms with Crippen LogP contribution in [0.25, 0.3) is 0 Å². The number of nitrogens with zero attached hydrogens (tertiary/aromatic N) is 3. The van der Waals surface area contributed by atoms with Gasteiger partial charge in [0.05, 0.1) is 18.8 Å². The molecular weight excluding hydrogens is 264 g/mol. The van der Waals surface area contributed by atoms with Crippen molar-refractivity contribution in [2.45, 2.75) is 25.5 Å². The first-order valence-electron chi connectivity index (χ1n) is 7.32.